The molecular weight excluding hydrogens is 257 g/mol. The molecule has 2 amide bonds. The third-order valence-electron chi connectivity index (χ3n) is 3.91. The van der Waals surface area contributed by atoms with Crippen molar-refractivity contribution in [2.45, 2.75) is 45.8 Å². The Balaban J connectivity index is 2.25. The van der Waals surface area contributed by atoms with E-state index in [-0.39, 0.29) is 0 Å². The Morgan fingerprint density at radius 1 is 1.30 bits per heavy atom. The minimum absolute atomic E-state index is 0.395. The number of primary amides is 1. The predicted octanol–water partition coefficient (Wildman–Crippen LogP) is 1.18. The molecule has 6 nitrogen and oxygen atoms in total. The molecule has 0 aliphatic carbocycles. The summed E-state index contributed by atoms with van der Waals surface area (Å²) >= 11 is 0. The van der Waals surface area contributed by atoms with Crippen LogP contribution in [0.3, 0.4) is 0 Å². The van der Waals surface area contributed by atoms with Crippen LogP contribution in [-0.2, 0) is 9.31 Å². The summed E-state index contributed by atoms with van der Waals surface area (Å²) in [5.74, 6) is 0.412. The first-order chi connectivity index (χ1) is 9.12. The second-order valence-corrected chi connectivity index (χ2v) is 6.00. The SMILES string of the molecule is Cc1cc(NC(N)=O)ncc1B1OC(C)(C)C(C)(C)O1. The van der Waals surface area contributed by atoms with Gasteiger partial charge in [-0.25, -0.2) is 9.78 Å². The largest absolute Gasteiger partial charge is 0.496 e. The van der Waals surface area contributed by atoms with Crippen molar-refractivity contribution in [3.05, 3.63) is 17.8 Å². The third kappa shape index (κ3) is 2.64. The molecule has 2 heterocycles. The molecule has 2 rings (SSSR count). The number of aryl methyl sites for hydroxylation is 1. The first-order valence-electron chi connectivity index (χ1n) is 6.51. The Bertz CT molecular complexity index is 530. The van der Waals surface area contributed by atoms with Gasteiger partial charge in [0.1, 0.15) is 5.82 Å². The Morgan fingerprint density at radius 2 is 1.85 bits per heavy atom. The summed E-state index contributed by atoms with van der Waals surface area (Å²) in [6.45, 7) is 9.91. The van der Waals surface area contributed by atoms with E-state index in [1.54, 1.807) is 12.3 Å². The molecule has 1 aliphatic heterocycles. The van der Waals surface area contributed by atoms with Crippen LogP contribution in [0.25, 0.3) is 0 Å². The number of nitrogens with two attached hydrogens (primary N) is 1. The second-order valence-electron chi connectivity index (χ2n) is 6.00. The fraction of sp³-hybridized carbons (Fsp3) is 0.538. The average molecular weight is 277 g/mol. The minimum Gasteiger partial charge on any atom is -0.399 e. The number of carbonyl (C=O) groups excluding carboxylic acids is 1. The van der Waals surface area contributed by atoms with E-state index < -0.39 is 24.4 Å². The lowest BCUT2D eigenvalue weighted by atomic mass is 9.77. The average Bonchev–Trinajstić information content (AvgIpc) is 2.46. The van der Waals surface area contributed by atoms with Gasteiger partial charge in [0.15, 0.2) is 0 Å². The lowest BCUT2D eigenvalue weighted by Crippen LogP contribution is -2.41. The molecule has 108 valence electrons. The lowest BCUT2D eigenvalue weighted by molar-refractivity contribution is 0.00578. The van der Waals surface area contributed by atoms with Gasteiger partial charge in [-0.05, 0) is 46.2 Å². The van der Waals surface area contributed by atoms with Crippen molar-refractivity contribution in [2.75, 3.05) is 5.32 Å². The summed E-state index contributed by atoms with van der Waals surface area (Å²) in [6.07, 6.45) is 1.64. The highest BCUT2D eigenvalue weighted by Crippen LogP contribution is 2.36. The standard InChI is InChI=1S/C13H20BN3O3/c1-8-6-10(17-11(15)18)16-7-9(8)14-19-12(2,3)13(4,5)20-14/h6-7H,1-5H3,(H3,15,16,17,18). The van der Waals surface area contributed by atoms with Gasteiger partial charge in [-0.1, -0.05) is 0 Å². The van der Waals surface area contributed by atoms with E-state index in [0.29, 0.717) is 5.82 Å². The fourth-order valence-electron chi connectivity index (χ4n) is 1.98. The van der Waals surface area contributed by atoms with E-state index >= 15 is 0 Å². The van der Waals surface area contributed by atoms with Crippen molar-refractivity contribution in [3.63, 3.8) is 0 Å². The van der Waals surface area contributed by atoms with Gasteiger partial charge < -0.3 is 15.0 Å². The van der Waals surface area contributed by atoms with Gasteiger partial charge >= 0.3 is 13.1 Å². The predicted molar refractivity (Wildman–Crippen MR) is 77.9 cm³/mol. The number of hydrogen-bond acceptors (Lipinski definition) is 4. The molecule has 1 aromatic heterocycles. The maximum Gasteiger partial charge on any atom is 0.496 e. The maximum atomic E-state index is 10.8. The van der Waals surface area contributed by atoms with E-state index in [2.05, 4.69) is 10.3 Å². The summed E-state index contributed by atoms with van der Waals surface area (Å²) < 4.78 is 12.0. The topological polar surface area (TPSA) is 86.5 Å². The van der Waals surface area contributed by atoms with Crippen molar-refractivity contribution in [3.8, 4) is 0 Å². The van der Waals surface area contributed by atoms with Gasteiger partial charge in [0.2, 0.25) is 0 Å². The minimum atomic E-state index is -0.639. The van der Waals surface area contributed by atoms with Crippen LogP contribution in [0.1, 0.15) is 33.3 Å². The monoisotopic (exact) mass is 277 g/mol. The van der Waals surface area contributed by atoms with Crippen LogP contribution >= 0.6 is 0 Å². The zero-order valence-electron chi connectivity index (χ0n) is 12.5. The molecule has 0 spiro atoms. The van der Waals surface area contributed by atoms with Crippen molar-refractivity contribution < 1.29 is 14.1 Å². The molecule has 0 radical (unpaired) electrons. The van der Waals surface area contributed by atoms with E-state index in [1.165, 1.54) is 0 Å². The van der Waals surface area contributed by atoms with Crippen LogP contribution in [0.4, 0.5) is 10.6 Å². The number of urea groups is 1. The van der Waals surface area contributed by atoms with Crippen molar-refractivity contribution in [1.29, 1.82) is 0 Å². The van der Waals surface area contributed by atoms with E-state index in [4.69, 9.17) is 15.0 Å². The fourth-order valence-corrected chi connectivity index (χ4v) is 1.98. The number of nitrogens with one attached hydrogen (secondary N) is 1. The molecule has 0 atom stereocenters. The summed E-state index contributed by atoms with van der Waals surface area (Å²) in [7, 11) is -0.463. The number of rotatable bonds is 2. The number of hydrogen-bond donors (Lipinski definition) is 2. The lowest BCUT2D eigenvalue weighted by Gasteiger charge is -2.32. The summed E-state index contributed by atoms with van der Waals surface area (Å²) in [6, 6.07) is 1.10. The Labute approximate surface area is 119 Å². The van der Waals surface area contributed by atoms with Gasteiger partial charge in [-0.15, -0.1) is 0 Å². The second kappa shape index (κ2) is 4.75. The highest BCUT2D eigenvalue weighted by molar-refractivity contribution is 6.62. The molecule has 0 unspecified atom stereocenters. The molecule has 0 bridgehead atoms. The van der Waals surface area contributed by atoms with Crippen molar-refractivity contribution >= 4 is 24.4 Å². The maximum absolute atomic E-state index is 10.8. The van der Waals surface area contributed by atoms with Gasteiger partial charge in [-0.2, -0.15) is 0 Å². The number of anilines is 1. The Morgan fingerprint density at radius 3 is 2.30 bits per heavy atom. The van der Waals surface area contributed by atoms with Crippen LogP contribution in [0.2, 0.25) is 0 Å². The molecule has 1 saturated heterocycles. The zero-order chi connectivity index (χ0) is 15.1. The molecule has 20 heavy (non-hydrogen) atoms. The Hall–Kier alpha value is -1.60. The van der Waals surface area contributed by atoms with Gasteiger partial charge in [0, 0.05) is 11.7 Å². The number of pyridine rings is 1. The third-order valence-corrected chi connectivity index (χ3v) is 3.91. The number of carbonyl (C=O) groups is 1. The molecule has 0 saturated carbocycles. The summed E-state index contributed by atoms with van der Waals surface area (Å²) in [5.41, 5.74) is 6.04. The number of aromatic nitrogens is 1. The van der Waals surface area contributed by atoms with Crippen molar-refractivity contribution in [2.24, 2.45) is 5.73 Å². The van der Waals surface area contributed by atoms with E-state index in [1.807, 2.05) is 34.6 Å². The summed E-state index contributed by atoms with van der Waals surface area (Å²) in [4.78, 5) is 15.0. The quantitative estimate of drug-likeness (QED) is 0.795. The number of nitrogens with zero attached hydrogens (tertiary/aromatic N) is 1. The highest BCUT2D eigenvalue weighted by Gasteiger charge is 2.52. The van der Waals surface area contributed by atoms with Crippen molar-refractivity contribution in [1.82, 2.24) is 4.98 Å². The molecule has 0 aromatic carbocycles. The van der Waals surface area contributed by atoms with E-state index in [0.717, 1.165) is 11.0 Å². The smallest absolute Gasteiger partial charge is 0.399 e. The Kier molecular flexibility index (Phi) is 3.52. The first-order valence-corrected chi connectivity index (χ1v) is 6.51. The normalized spacial score (nSPS) is 19.9. The molecular formula is C13H20BN3O3. The summed E-state index contributed by atoms with van der Waals surface area (Å²) in [5, 5.41) is 2.44. The van der Waals surface area contributed by atoms with Gasteiger partial charge in [0.05, 0.1) is 11.2 Å². The molecule has 1 aromatic rings. The molecule has 3 N–H and O–H groups in total. The first kappa shape index (κ1) is 14.8. The molecule has 7 heteroatoms. The van der Waals surface area contributed by atoms with Crippen LogP contribution < -0.4 is 16.5 Å². The van der Waals surface area contributed by atoms with Crippen LogP contribution in [0, 0.1) is 6.92 Å². The van der Waals surface area contributed by atoms with Gasteiger partial charge in [-0.3, -0.25) is 5.32 Å². The highest BCUT2D eigenvalue weighted by atomic mass is 16.7. The van der Waals surface area contributed by atoms with Crippen LogP contribution in [0.15, 0.2) is 12.3 Å². The molecule has 1 aliphatic rings. The van der Waals surface area contributed by atoms with Crippen LogP contribution in [-0.4, -0.2) is 29.3 Å². The van der Waals surface area contributed by atoms with E-state index in [9.17, 15) is 4.79 Å². The van der Waals surface area contributed by atoms with Gasteiger partial charge in [0.25, 0.3) is 0 Å². The number of amides is 2. The molecule has 1 fully saturated rings. The van der Waals surface area contributed by atoms with Crippen LogP contribution in [0.5, 0.6) is 0 Å². The zero-order valence-corrected chi connectivity index (χ0v) is 12.5.